The van der Waals surface area contributed by atoms with Crippen LogP contribution in [0.1, 0.15) is 63.3 Å². The van der Waals surface area contributed by atoms with E-state index < -0.39 is 86.6 Å². The third-order valence-electron chi connectivity index (χ3n) is 12.7. The summed E-state index contributed by atoms with van der Waals surface area (Å²) in [4.78, 5) is 45.4. The lowest BCUT2D eigenvalue weighted by Crippen LogP contribution is -2.42. The van der Waals surface area contributed by atoms with E-state index in [-0.39, 0.29) is 44.1 Å². The van der Waals surface area contributed by atoms with Gasteiger partial charge in [0.2, 0.25) is 0 Å². The number of nitriles is 1. The fraction of sp³-hybridized carbons (Fsp3) is 0.471. The molecule has 0 radical (unpaired) electrons. The quantitative estimate of drug-likeness (QED) is 0.0374. The van der Waals surface area contributed by atoms with Gasteiger partial charge < -0.3 is 57.0 Å². The second-order valence-corrected chi connectivity index (χ2v) is 23.6. The van der Waals surface area contributed by atoms with Crippen LogP contribution in [0.3, 0.4) is 0 Å². The first-order valence-electron chi connectivity index (χ1n) is 24.2. The number of anilines is 1. The van der Waals surface area contributed by atoms with Crippen LogP contribution in [-0.4, -0.2) is 127 Å². The SMILES string of the molecule is COc1ccc(C(OC[C@H]2O[C@@H](n3ccc(=O)[nH]c3=O)[C@H](OC)[C@@H]2O[P@@](C)(=S)OC[C@H]2O[C@@H](n3ccc(N)nc3=O)[C@H](OC)[C@@H]2OP(OCCC#N)N(C(C)C)C(C)C)(c2ccccc2)c2ccc(OC)cc2)cc1. The van der Waals surface area contributed by atoms with Gasteiger partial charge in [0.1, 0.15) is 59.5 Å². The number of nitrogens with one attached hydrogen (secondary N) is 1. The van der Waals surface area contributed by atoms with Crippen molar-refractivity contribution < 1.29 is 51.3 Å². The summed E-state index contributed by atoms with van der Waals surface area (Å²) in [6.45, 7) is 5.90. The third kappa shape index (κ3) is 13.1. The number of nitrogens with zero attached hydrogens (tertiary/aromatic N) is 5. The Balaban J connectivity index is 1.26. The summed E-state index contributed by atoms with van der Waals surface area (Å²) in [5, 5.41) is 9.42. The molecule has 3 N–H and O–H groups in total. The molecule has 7 rings (SSSR count). The monoisotopic (exact) mass is 1090 g/mol. The molecule has 5 aromatic rings. The van der Waals surface area contributed by atoms with Crippen molar-refractivity contribution in [3.05, 3.63) is 151 Å². The molecule has 0 bridgehead atoms. The topological polar surface area (TPSA) is 244 Å². The molecule has 0 saturated carbocycles. The molecule has 404 valence electrons. The van der Waals surface area contributed by atoms with Crippen LogP contribution in [0, 0.1) is 11.3 Å². The summed E-state index contributed by atoms with van der Waals surface area (Å²) >= 11 is 6.23. The molecule has 24 heteroatoms. The summed E-state index contributed by atoms with van der Waals surface area (Å²) in [6, 6.07) is 29.5. The lowest BCUT2D eigenvalue weighted by Gasteiger charge is -2.38. The van der Waals surface area contributed by atoms with Gasteiger partial charge in [0, 0.05) is 51.4 Å². The molecule has 3 aromatic carbocycles. The van der Waals surface area contributed by atoms with Crippen LogP contribution in [0.5, 0.6) is 11.5 Å². The van der Waals surface area contributed by atoms with Gasteiger partial charge in [0.15, 0.2) is 18.9 Å². The van der Waals surface area contributed by atoms with Crippen molar-refractivity contribution in [1.82, 2.24) is 23.8 Å². The summed E-state index contributed by atoms with van der Waals surface area (Å²) in [6.07, 6.45) is -5.29. The van der Waals surface area contributed by atoms with E-state index in [2.05, 4.69) is 20.7 Å². The summed E-state index contributed by atoms with van der Waals surface area (Å²) in [5.41, 5.74) is 4.82. The highest BCUT2D eigenvalue weighted by Crippen LogP contribution is 2.54. The van der Waals surface area contributed by atoms with E-state index in [4.69, 9.17) is 68.8 Å². The minimum atomic E-state index is -3.45. The van der Waals surface area contributed by atoms with Gasteiger partial charge in [0.25, 0.3) is 14.1 Å². The number of nitrogen functional groups attached to an aromatic ring is 1. The zero-order valence-electron chi connectivity index (χ0n) is 43.2. The van der Waals surface area contributed by atoms with Crippen LogP contribution in [0.25, 0.3) is 0 Å². The number of hydrogen-bond donors (Lipinski definition) is 2. The zero-order chi connectivity index (χ0) is 54.0. The number of methoxy groups -OCH3 is 4. The molecule has 21 nitrogen and oxygen atoms in total. The smallest absolute Gasteiger partial charge is 0.351 e. The van der Waals surface area contributed by atoms with Gasteiger partial charge in [-0.1, -0.05) is 54.6 Å². The molecule has 1 unspecified atom stereocenters. The third-order valence-corrected chi connectivity index (χ3v) is 16.6. The molecule has 2 aromatic heterocycles. The molecule has 75 heavy (non-hydrogen) atoms. The molecular weight excluding hydrogens is 1030 g/mol. The van der Waals surface area contributed by atoms with Crippen LogP contribution in [0.2, 0.25) is 0 Å². The van der Waals surface area contributed by atoms with E-state index in [0.717, 1.165) is 16.7 Å². The standard InChI is InChI=1S/C51H65N7O14P2S/c1-32(2)58(33(3)4)73(67-29-13-26-52)71-43-40(70-47(45(43)64-7)56-27-24-41(53)54-49(56)60)31-68-74(9,75)72-44-39(69-48(46(44)65-8)57-28-25-42(59)55-50(57)61)30-66-51(34-14-11-10-12-15-34,35-16-20-37(62-5)21-17-35)36-18-22-38(63-6)23-19-36/h10-12,14-25,27-28,32-33,39-40,43-48H,13,29-31H2,1-9H3,(H2,53,54,60)(H,55,59,61)/t39-,40-,43-,44-,45-,46-,47-,48-,73?,74+/m1/s1. The number of benzene rings is 3. The molecular formula is C51H65N7O14P2S. The summed E-state index contributed by atoms with van der Waals surface area (Å²) in [5.74, 6) is 1.29. The number of nitrogens with two attached hydrogens (primary N) is 1. The number of aromatic amines is 1. The summed E-state index contributed by atoms with van der Waals surface area (Å²) < 4.78 is 75.2. The maximum atomic E-state index is 13.5. The Kier molecular flexibility index (Phi) is 19.7. The van der Waals surface area contributed by atoms with Crippen molar-refractivity contribution >= 4 is 32.6 Å². The van der Waals surface area contributed by atoms with Gasteiger partial charge in [-0.3, -0.25) is 18.9 Å². The molecule has 0 aliphatic carbocycles. The minimum Gasteiger partial charge on any atom is -0.497 e. The average Bonchev–Trinajstić information content (AvgIpc) is 3.91. The number of rotatable bonds is 25. The van der Waals surface area contributed by atoms with Crippen molar-refractivity contribution in [2.45, 2.75) is 101 Å². The highest BCUT2D eigenvalue weighted by Gasteiger charge is 2.53. The Morgan fingerprint density at radius 1 is 0.787 bits per heavy atom. The predicted octanol–water partition coefficient (Wildman–Crippen LogP) is 6.23. The van der Waals surface area contributed by atoms with Gasteiger partial charge in [-0.25, -0.2) is 14.3 Å². The van der Waals surface area contributed by atoms with E-state index in [1.54, 1.807) is 20.9 Å². The number of aromatic nitrogens is 4. The van der Waals surface area contributed by atoms with E-state index in [9.17, 15) is 19.6 Å². The molecule has 2 saturated heterocycles. The second kappa shape index (κ2) is 25.8. The first-order valence-corrected chi connectivity index (χ1v) is 28.4. The fourth-order valence-corrected chi connectivity index (χ4v) is 12.7. The van der Waals surface area contributed by atoms with Crippen LogP contribution in [0.15, 0.2) is 118 Å². The van der Waals surface area contributed by atoms with Crippen molar-refractivity contribution in [2.24, 2.45) is 0 Å². The Morgan fingerprint density at radius 3 is 1.87 bits per heavy atom. The van der Waals surface area contributed by atoms with Gasteiger partial charge in [-0.15, -0.1) is 0 Å². The Labute approximate surface area is 441 Å². The molecule has 0 amide bonds. The number of ether oxygens (including phenoxy) is 7. The van der Waals surface area contributed by atoms with Crippen LogP contribution >= 0.6 is 15.0 Å². The van der Waals surface area contributed by atoms with Crippen LogP contribution < -0.4 is 32.1 Å². The minimum absolute atomic E-state index is 0.0208. The maximum absolute atomic E-state index is 13.5. The highest BCUT2D eigenvalue weighted by atomic mass is 32.5. The number of H-pyrrole nitrogens is 1. The maximum Gasteiger partial charge on any atom is 0.351 e. The highest BCUT2D eigenvalue weighted by molar-refractivity contribution is 8.09. The van der Waals surface area contributed by atoms with E-state index in [1.165, 1.54) is 47.9 Å². The van der Waals surface area contributed by atoms with Gasteiger partial charge in [0.05, 0.1) is 46.5 Å². The second-order valence-electron chi connectivity index (χ2n) is 18.2. The average molecular weight is 1090 g/mol. The molecule has 2 aliphatic heterocycles. The van der Waals surface area contributed by atoms with Crippen molar-refractivity contribution in [1.29, 1.82) is 5.26 Å². The Hall–Kier alpha value is -5.21. The Bertz CT molecular complexity index is 2870. The first-order chi connectivity index (χ1) is 36.0. The van der Waals surface area contributed by atoms with Crippen LogP contribution in [-0.2, 0) is 59.2 Å². The fourth-order valence-electron chi connectivity index (χ4n) is 9.28. The molecule has 2 fully saturated rings. The lowest BCUT2D eigenvalue weighted by atomic mass is 9.80. The van der Waals surface area contributed by atoms with E-state index >= 15 is 0 Å². The molecule has 4 heterocycles. The summed E-state index contributed by atoms with van der Waals surface area (Å²) in [7, 11) is 4.23. The normalized spacial score (nSPS) is 23.1. The number of hydrogen-bond acceptors (Lipinski definition) is 19. The molecule has 2 aliphatic rings. The zero-order valence-corrected chi connectivity index (χ0v) is 45.9. The Morgan fingerprint density at radius 2 is 1.33 bits per heavy atom. The van der Waals surface area contributed by atoms with Gasteiger partial charge in [-0.2, -0.15) is 10.2 Å². The predicted molar refractivity (Wildman–Crippen MR) is 283 cm³/mol. The largest absolute Gasteiger partial charge is 0.497 e. The van der Waals surface area contributed by atoms with E-state index in [1.807, 2.05) is 107 Å². The molecule has 0 spiro atoms. The lowest BCUT2D eigenvalue weighted by molar-refractivity contribution is -0.0956. The first kappa shape index (κ1) is 57.5. The van der Waals surface area contributed by atoms with E-state index in [0.29, 0.717) is 11.5 Å². The van der Waals surface area contributed by atoms with Gasteiger partial charge >= 0.3 is 11.4 Å². The van der Waals surface area contributed by atoms with Crippen molar-refractivity contribution in [2.75, 3.05) is 60.7 Å². The van der Waals surface area contributed by atoms with Crippen molar-refractivity contribution in [3.8, 4) is 17.6 Å². The van der Waals surface area contributed by atoms with Crippen molar-refractivity contribution in [3.63, 3.8) is 0 Å². The molecule has 10 atom stereocenters. The van der Waals surface area contributed by atoms with Crippen LogP contribution in [0.4, 0.5) is 5.82 Å². The van der Waals surface area contributed by atoms with Gasteiger partial charge in [-0.05, 0) is 86.5 Å².